The fourth-order valence-corrected chi connectivity index (χ4v) is 3.60. The van der Waals surface area contributed by atoms with Crippen LogP contribution in [0, 0.1) is 5.82 Å². The molecule has 0 spiro atoms. The Morgan fingerprint density at radius 1 is 1.17 bits per heavy atom. The van der Waals surface area contributed by atoms with E-state index >= 15 is 0 Å². The second-order valence-corrected chi connectivity index (χ2v) is 8.30. The van der Waals surface area contributed by atoms with Gasteiger partial charge in [-0.3, -0.25) is 4.79 Å². The van der Waals surface area contributed by atoms with Crippen molar-refractivity contribution in [3.05, 3.63) is 65.8 Å². The van der Waals surface area contributed by atoms with Crippen LogP contribution in [-0.2, 0) is 27.1 Å². The summed E-state index contributed by atoms with van der Waals surface area (Å²) in [6.45, 7) is 0. The predicted molar refractivity (Wildman–Crippen MR) is 94.6 cm³/mol. The van der Waals surface area contributed by atoms with Crippen LogP contribution in [0.5, 0.6) is 0 Å². The molecule has 0 aliphatic rings. The Morgan fingerprint density at radius 3 is 2.45 bits per heavy atom. The number of nitrogens with zero attached hydrogens (tertiary/aromatic N) is 3. The number of carbonyl (C=O) groups excluding carboxylic acids is 1. The highest BCUT2D eigenvalue weighted by Gasteiger charge is 2.38. The lowest BCUT2D eigenvalue weighted by molar-refractivity contribution is -0.159. The highest BCUT2D eigenvalue weighted by molar-refractivity contribution is 7.93. The fourth-order valence-electron chi connectivity index (χ4n) is 2.38. The van der Waals surface area contributed by atoms with Crippen LogP contribution < -0.4 is 0 Å². The average molecular weight is 427 g/mol. The van der Waals surface area contributed by atoms with Gasteiger partial charge in [0.2, 0.25) is 5.82 Å². The summed E-state index contributed by atoms with van der Waals surface area (Å²) in [7, 11) is -3.12. The highest BCUT2D eigenvalue weighted by Crippen LogP contribution is 2.29. The number of hydrogen-bond acceptors (Lipinski definition) is 5. The van der Waals surface area contributed by atoms with E-state index in [0.717, 1.165) is 6.07 Å². The summed E-state index contributed by atoms with van der Waals surface area (Å²) in [5, 5.41) is 3.27. The van der Waals surface area contributed by atoms with E-state index in [1.54, 1.807) is 0 Å². The summed E-state index contributed by atoms with van der Waals surface area (Å²) in [6.07, 6.45) is -3.70. The van der Waals surface area contributed by atoms with Crippen LogP contribution in [0.2, 0.25) is 0 Å². The first-order valence-corrected chi connectivity index (χ1v) is 9.98. The standard InChI is InChI=1S/C18H13F4N3O3S/c1-29(27,14-4-2-3-13(19)10-14)25-15(26)9-11-5-7-12(8-6-11)16-23-17(28-24-16)18(20,21)22/h2-8,10H,9H2,1H3. The normalized spacial score (nSPS) is 13.7. The molecule has 1 heterocycles. The van der Waals surface area contributed by atoms with Crippen LogP contribution in [0.4, 0.5) is 17.6 Å². The Labute approximate surface area is 162 Å². The van der Waals surface area contributed by atoms with Gasteiger partial charge in [0.15, 0.2) is 0 Å². The molecule has 0 radical (unpaired) electrons. The van der Waals surface area contributed by atoms with Crippen molar-refractivity contribution in [2.45, 2.75) is 17.5 Å². The van der Waals surface area contributed by atoms with Crippen LogP contribution in [0.25, 0.3) is 11.4 Å². The number of benzene rings is 2. The quantitative estimate of drug-likeness (QED) is 0.585. The maximum Gasteiger partial charge on any atom is 0.471 e. The first-order chi connectivity index (χ1) is 13.5. The van der Waals surface area contributed by atoms with Gasteiger partial charge in [-0.2, -0.15) is 22.5 Å². The van der Waals surface area contributed by atoms with Gasteiger partial charge >= 0.3 is 12.1 Å². The van der Waals surface area contributed by atoms with Crippen molar-refractivity contribution in [2.75, 3.05) is 6.26 Å². The molecule has 0 N–H and O–H groups in total. The summed E-state index contributed by atoms with van der Waals surface area (Å²) in [4.78, 5) is 15.5. The Bertz CT molecular complexity index is 1160. The molecule has 6 nitrogen and oxygen atoms in total. The molecule has 1 atom stereocenters. The van der Waals surface area contributed by atoms with E-state index in [0.29, 0.717) is 5.56 Å². The van der Waals surface area contributed by atoms with Gasteiger partial charge in [0.25, 0.3) is 5.91 Å². The maximum atomic E-state index is 13.3. The minimum Gasteiger partial charge on any atom is -0.329 e. The smallest absolute Gasteiger partial charge is 0.329 e. The van der Waals surface area contributed by atoms with Crippen molar-refractivity contribution in [2.24, 2.45) is 4.36 Å². The number of hydrogen-bond donors (Lipinski definition) is 0. The van der Waals surface area contributed by atoms with Crippen molar-refractivity contribution in [1.29, 1.82) is 0 Å². The molecular formula is C18H13F4N3O3S. The van der Waals surface area contributed by atoms with Crippen molar-refractivity contribution >= 4 is 15.6 Å². The van der Waals surface area contributed by atoms with Crippen LogP contribution in [0.15, 0.2) is 62.3 Å². The molecule has 2 aromatic carbocycles. The lowest BCUT2D eigenvalue weighted by Crippen LogP contribution is -2.06. The number of halogens is 4. The minimum atomic E-state index is -4.74. The largest absolute Gasteiger partial charge is 0.471 e. The summed E-state index contributed by atoms with van der Waals surface area (Å²) in [5.74, 6) is -2.98. The van der Waals surface area contributed by atoms with E-state index in [2.05, 4.69) is 19.0 Å². The van der Waals surface area contributed by atoms with E-state index in [1.165, 1.54) is 48.7 Å². The summed E-state index contributed by atoms with van der Waals surface area (Å²) < 4.78 is 71.3. The molecule has 0 aliphatic carbocycles. The molecule has 1 aromatic heterocycles. The maximum absolute atomic E-state index is 13.3. The number of amides is 1. The Kier molecular flexibility index (Phi) is 5.51. The van der Waals surface area contributed by atoms with Crippen molar-refractivity contribution in [3.8, 4) is 11.4 Å². The SMILES string of the molecule is CS(=O)(=NC(=O)Cc1ccc(-c2noc(C(F)(F)F)n2)cc1)c1cccc(F)c1. The zero-order chi connectivity index (χ0) is 21.2. The number of carbonyl (C=O) groups is 1. The molecule has 152 valence electrons. The van der Waals surface area contributed by atoms with Gasteiger partial charge in [-0.05, 0) is 23.8 Å². The number of alkyl halides is 3. The van der Waals surface area contributed by atoms with Gasteiger partial charge in [0.1, 0.15) is 5.82 Å². The van der Waals surface area contributed by atoms with Gasteiger partial charge in [-0.1, -0.05) is 35.5 Å². The summed E-state index contributed by atoms with van der Waals surface area (Å²) in [5.41, 5.74) is 0.743. The molecule has 0 fully saturated rings. The van der Waals surface area contributed by atoms with Crippen molar-refractivity contribution in [3.63, 3.8) is 0 Å². The number of aromatic nitrogens is 2. The van der Waals surface area contributed by atoms with Crippen LogP contribution in [-0.4, -0.2) is 26.5 Å². The van der Waals surface area contributed by atoms with E-state index in [4.69, 9.17) is 0 Å². The molecule has 0 saturated heterocycles. The first-order valence-electron chi connectivity index (χ1n) is 8.05. The van der Waals surface area contributed by atoms with E-state index < -0.39 is 33.5 Å². The molecule has 3 aromatic rings. The second-order valence-electron chi connectivity index (χ2n) is 6.04. The Hall–Kier alpha value is -3.08. The molecule has 0 bridgehead atoms. The van der Waals surface area contributed by atoms with Gasteiger partial charge < -0.3 is 4.52 Å². The predicted octanol–water partition coefficient (Wildman–Crippen LogP) is 4.12. The minimum absolute atomic E-state index is 0.0961. The third kappa shape index (κ3) is 5.05. The molecule has 3 rings (SSSR count). The number of rotatable bonds is 4. The zero-order valence-corrected chi connectivity index (χ0v) is 15.6. The summed E-state index contributed by atoms with van der Waals surface area (Å²) in [6, 6.07) is 10.8. The van der Waals surface area contributed by atoms with Gasteiger partial charge in [0, 0.05) is 11.8 Å². The third-order valence-corrected chi connectivity index (χ3v) is 5.43. The van der Waals surface area contributed by atoms with Crippen LogP contribution in [0.1, 0.15) is 11.5 Å². The molecular weight excluding hydrogens is 414 g/mol. The topological polar surface area (TPSA) is 85.4 Å². The summed E-state index contributed by atoms with van der Waals surface area (Å²) >= 11 is 0. The zero-order valence-electron chi connectivity index (χ0n) is 14.8. The molecule has 11 heteroatoms. The molecule has 1 unspecified atom stereocenters. The van der Waals surface area contributed by atoms with Gasteiger partial charge in [-0.25, -0.2) is 8.60 Å². The van der Waals surface area contributed by atoms with Crippen LogP contribution in [0.3, 0.4) is 0 Å². The third-order valence-electron chi connectivity index (χ3n) is 3.75. The first kappa shape index (κ1) is 20.6. The van der Waals surface area contributed by atoms with Gasteiger partial charge in [-0.15, -0.1) is 0 Å². The molecule has 0 saturated carbocycles. The monoisotopic (exact) mass is 427 g/mol. The van der Waals surface area contributed by atoms with E-state index in [-0.39, 0.29) is 22.7 Å². The van der Waals surface area contributed by atoms with E-state index in [1.807, 2.05) is 0 Å². The lowest BCUT2D eigenvalue weighted by Gasteiger charge is -2.04. The van der Waals surface area contributed by atoms with Crippen LogP contribution >= 0.6 is 0 Å². The molecule has 0 aliphatic heterocycles. The van der Waals surface area contributed by atoms with Gasteiger partial charge in [0.05, 0.1) is 21.0 Å². The van der Waals surface area contributed by atoms with Crippen molar-refractivity contribution < 1.29 is 31.1 Å². The second kappa shape index (κ2) is 7.74. The van der Waals surface area contributed by atoms with E-state index in [9.17, 15) is 26.6 Å². The Balaban J connectivity index is 1.75. The Morgan fingerprint density at radius 2 is 1.86 bits per heavy atom. The highest BCUT2D eigenvalue weighted by atomic mass is 32.2. The van der Waals surface area contributed by atoms with Crippen molar-refractivity contribution in [1.82, 2.24) is 10.1 Å². The molecule has 1 amide bonds. The average Bonchev–Trinajstić information content (AvgIpc) is 3.12. The molecule has 29 heavy (non-hydrogen) atoms. The fraction of sp³-hybridized carbons (Fsp3) is 0.167. The lowest BCUT2D eigenvalue weighted by atomic mass is 10.1.